The molecule has 138 valence electrons. The van der Waals surface area contributed by atoms with Crippen LogP contribution in [0.3, 0.4) is 0 Å². The molecule has 2 aromatic rings. The van der Waals surface area contributed by atoms with Crippen molar-refractivity contribution in [2.24, 2.45) is 0 Å². The number of hydrogen-bond acceptors (Lipinski definition) is 4. The minimum atomic E-state index is -1.75. The summed E-state index contributed by atoms with van der Waals surface area (Å²) in [4.78, 5) is 23.4. The van der Waals surface area contributed by atoms with E-state index in [1.807, 2.05) is 0 Å². The second-order valence-electron chi connectivity index (χ2n) is 5.16. The Morgan fingerprint density at radius 3 is 2.23 bits per heavy atom. The van der Waals surface area contributed by atoms with Crippen molar-refractivity contribution in [2.45, 2.75) is 6.92 Å². The van der Waals surface area contributed by atoms with Gasteiger partial charge in [-0.05, 0) is 24.6 Å². The van der Waals surface area contributed by atoms with Crippen molar-refractivity contribution < 1.29 is 36.6 Å². The fourth-order valence-corrected chi connectivity index (χ4v) is 2.00. The molecule has 5 nitrogen and oxygen atoms in total. The van der Waals surface area contributed by atoms with Gasteiger partial charge in [-0.15, -0.1) is 0 Å². The standard InChI is InChI=1S/C17H13F4NO4/c1-8-3-4-9(17(24)25-2)5-12(8)22-13(23)7-26-16-14(20)10(18)6-11(19)15(16)21/h3-6H,7H2,1-2H3,(H,22,23). The number of benzene rings is 2. The van der Waals surface area contributed by atoms with Gasteiger partial charge in [-0.25, -0.2) is 13.6 Å². The van der Waals surface area contributed by atoms with Gasteiger partial charge in [0.25, 0.3) is 5.91 Å². The van der Waals surface area contributed by atoms with Gasteiger partial charge in [0.2, 0.25) is 11.6 Å². The summed E-state index contributed by atoms with van der Waals surface area (Å²) in [7, 11) is 1.19. The van der Waals surface area contributed by atoms with E-state index >= 15 is 0 Å². The molecule has 0 spiro atoms. The molecule has 1 amide bonds. The number of hydrogen-bond donors (Lipinski definition) is 1. The highest BCUT2D eigenvalue weighted by Crippen LogP contribution is 2.26. The van der Waals surface area contributed by atoms with Gasteiger partial charge < -0.3 is 14.8 Å². The molecule has 26 heavy (non-hydrogen) atoms. The van der Waals surface area contributed by atoms with Crippen molar-refractivity contribution in [3.05, 3.63) is 58.7 Å². The molecular weight excluding hydrogens is 358 g/mol. The van der Waals surface area contributed by atoms with Crippen molar-refractivity contribution in [2.75, 3.05) is 19.0 Å². The summed E-state index contributed by atoms with van der Waals surface area (Å²) in [5, 5.41) is 2.36. The summed E-state index contributed by atoms with van der Waals surface area (Å²) in [6.07, 6.45) is 0. The second-order valence-corrected chi connectivity index (χ2v) is 5.16. The highest BCUT2D eigenvalue weighted by Gasteiger charge is 2.21. The Bertz CT molecular complexity index is 844. The Labute approximate surface area is 145 Å². The second kappa shape index (κ2) is 7.85. The molecule has 0 aliphatic rings. The smallest absolute Gasteiger partial charge is 0.337 e. The van der Waals surface area contributed by atoms with E-state index in [1.165, 1.54) is 19.2 Å². The average Bonchev–Trinajstić information content (AvgIpc) is 2.61. The number of esters is 1. The lowest BCUT2D eigenvalue weighted by molar-refractivity contribution is -0.118. The Morgan fingerprint density at radius 2 is 1.65 bits per heavy atom. The molecule has 0 fully saturated rings. The van der Waals surface area contributed by atoms with Crippen molar-refractivity contribution >= 4 is 17.6 Å². The number of methoxy groups -OCH3 is 1. The lowest BCUT2D eigenvalue weighted by Crippen LogP contribution is -2.22. The summed E-state index contributed by atoms with van der Waals surface area (Å²) in [5.74, 6) is -9.63. The van der Waals surface area contributed by atoms with Crippen molar-refractivity contribution in [1.29, 1.82) is 0 Å². The van der Waals surface area contributed by atoms with Crippen LogP contribution in [0.15, 0.2) is 24.3 Å². The Kier molecular flexibility index (Phi) is 5.81. The van der Waals surface area contributed by atoms with Gasteiger partial charge in [0, 0.05) is 11.8 Å². The molecule has 0 aliphatic carbocycles. The maximum absolute atomic E-state index is 13.5. The first-order chi connectivity index (χ1) is 12.2. The quantitative estimate of drug-likeness (QED) is 0.497. The van der Waals surface area contributed by atoms with Crippen LogP contribution in [-0.4, -0.2) is 25.6 Å². The number of carbonyl (C=O) groups is 2. The lowest BCUT2D eigenvalue weighted by Gasteiger charge is -2.12. The fraction of sp³-hybridized carbons (Fsp3) is 0.176. The third-order valence-corrected chi connectivity index (χ3v) is 3.35. The first kappa shape index (κ1) is 19.2. The molecule has 0 saturated carbocycles. The van der Waals surface area contributed by atoms with Gasteiger partial charge >= 0.3 is 5.97 Å². The zero-order chi connectivity index (χ0) is 19.4. The molecular formula is C17H13F4NO4. The van der Waals surface area contributed by atoms with Gasteiger partial charge in [-0.2, -0.15) is 8.78 Å². The Morgan fingerprint density at radius 1 is 1.04 bits per heavy atom. The molecule has 0 atom stereocenters. The third kappa shape index (κ3) is 4.11. The van der Waals surface area contributed by atoms with Crippen molar-refractivity contribution in [3.8, 4) is 5.75 Å². The minimum absolute atomic E-state index is 0.0271. The highest BCUT2D eigenvalue weighted by molar-refractivity contribution is 5.95. The monoisotopic (exact) mass is 371 g/mol. The normalized spacial score (nSPS) is 10.4. The number of anilines is 1. The first-order valence-corrected chi connectivity index (χ1v) is 7.19. The van der Waals surface area contributed by atoms with E-state index in [4.69, 9.17) is 0 Å². The summed E-state index contributed by atoms with van der Waals surface area (Å²) >= 11 is 0. The predicted molar refractivity (Wildman–Crippen MR) is 82.9 cm³/mol. The fourth-order valence-electron chi connectivity index (χ4n) is 2.00. The van der Waals surface area contributed by atoms with Crippen LogP contribution in [0.2, 0.25) is 0 Å². The van der Waals surface area contributed by atoms with E-state index in [0.717, 1.165) is 0 Å². The zero-order valence-corrected chi connectivity index (χ0v) is 13.7. The lowest BCUT2D eigenvalue weighted by atomic mass is 10.1. The SMILES string of the molecule is COC(=O)c1ccc(C)c(NC(=O)COc2c(F)c(F)cc(F)c2F)c1. The Balaban J connectivity index is 2.12. The number of amides is 1. The molecule has 1 N–H and O–H groups in total. The zero-order valence-electron chi connectivity index (χ0n) is 13.7. The van der Waals surface area contributed by atoms with Crippen molar-refractivity contribution in [3.63, 3.8) is 0 Å². The topological polar surface area (TPSA) is 64.6 Å². The summed E-state index contributed by atoms with van der Waals surface area (Å²) < 4.78 is 62.3. The van der Waals surface area contributed by atoms with Gasteiger partial charge in [-0.1, -0.05) is 6.07 Å². The van der Waals surface area contributed by atoms with E-state index in [1.54, 1.807) is 13.0 Å². The molecule has 0 unspecified atom stereocenters. The molecule has 2 aromatic carbocycles. The number of ether oxygens (including phenoxy) is 2. The third-order valence-electron chi connectivity index (χ3n) is 3.35. The van der Waals surface area contributed by atoms with Crippen molar-refractivity contribution in [1.82, 2.24) is 0 Å². The van der Waals surface area contributed by atoms with Crippen LogP contribution >= 0.6 is 0 Å². The number of aryl methyl sites for hydroxylation is 1. The van der Waals surface area contributed by atoms with Crippen LogP contribution in [0.1, 0.15) is 15.9 Å². The number of rotatable bonds is 5. The van der Waals surface area contributed by atoms with E-state index < -0.39 is 47.5 Å². The first-order valence-electron chi connectivity index (χ1n) is 7.19. The maximum Gasteiger partial charge on any atom is 0.337 e. The van der Waals surface area contributed by atoms with Gasteiger partial charge in [0.05, 0.1) is 12.7 Å². The van der Waals surface area contributed by atoms with Crippen LogP contribution in [0, 0.1) is 30.2 Å². The molecule has 2 rings (SSSR count). The van der Waals surface area contributed by atoms with Crippen LogP contribution in [0.4, 0.5) is 23.2 Å². The molecule has 0 bridgehead atoms. The molecule has 9 heteroatoms. The molecule has 0 saturated heterocycles. The Hall–Kier alpha value is -3.10. The average molecular weight is 371 g/mol. The molecule has 0 aliphatic heterocycles. The number of carbonyl (C=O) groups excluding carboxylic acids is 2. The van der Waals surface area contributed by atoms with Crippen LogP contribution in [0.5, 0.6) is 5.75 Å². The molecule has 0 heterocycles. The van der Waals surface area contributed by atoms with Crippen LogP contribution < -0.4 is 10.1 Å². The van der Waals surface area contributed by atoms with Gasteiger partial charge in [-0.3, -0.25) is 4.79 Å². The molecule has 0 aromatic heterocycles. The molecule has 0 radical (unpaired) electrons. The van der Waals surface area contributed by atoms with Crippen LogP contribution in [0.25, 0.3) is 0 Å². The number of halogens is 4. The predicted octanol–water partition coefficient (Wildman–Crippen LogP) is 3.36. The maximum atomic E-state index is 13.5. The van der Waals surface area contributed by atoms with Gasteiger partial charge in [0.1, 0.15) is 0 Å². The van der Waals surface area contributed by atoms with E-state index in [-0.39, 0.29) is 17.3 Å². The van der Waals surface area contributed by atoms with E-state index in [9.17, 15) is 27.2 Å². The highest BCUT2D eigenvalue weighted by atomic mass is 19.2. The minimum Gasteiger partial charge on any atom is -0.477 e. The summed E-state index contributed by atoms with van der Waals surface area (Å²) in [5.41, 5.74) is 0.978. The number of nitrogens with one attached hydrogen (secondary N) is 1. The van der Waals surface area contributed by atoms with Gasteiger partial charge in [0.15, 0.2) is 24.0 Å². The summed E-state index contributed by atoms with van der Waals surface area (Å²) in [6, 6.07) is 4.39. The van der Waals surface area contributed by atoms with E-state index in [2.05, 4.69) is 14.8 Å². The largest absolute Gasteiger partial charge is 0.477 e. The summed E-state index contributed by atoms with van der Waals surface area (Å²) in [6.45, 7) is 0.720. The van der Waals surface area contributed by atoms with E-state index in [0.29, 0.717) is 5.56 Å². The van der Waals surface area contributed by atoms with Crippen LogP contribution in [-0.2, 0) is 9.53 Å².